The second kappa shape index (κ2) is 12.2. The number of benzene rings is 1. The van der Waals surface area contributed by atoms with Crippen molar-refractivity contribution in [2.24, 2.45) is 5.92 Å². The van der Waals surface area contributed by atoms with E-state index in [1.807, 2.05) is 42.2 Å². The van der Waals surface area contributed by atoms with E-state index in [2.05, 4.69) is 6.08 Å². The maximum absolute atomic E-state index is 12.8. The van der Waals surface area contributed by atoms with Crippen LogP contribution in [0.4, 0.5) is 0 Å². The highest BCUT2D eigenvalue weighted by molar-refractivity contribution is 5.78. The van der Waals surface area contributed by atoms with Gasteiger partial charge >= 0.3 is 5.97 Å². The number of esters is 1. The maximum atomic E-state index is 12.8. The van der Waals surface area contributed by atoms with Crippen LogP contribution in [-0.2, 0) is 14.3 Å². The van der Waals surface area contributed by atoms with Crippen molar-refractivity contribution in [3.63, 3.8) is 0 Å². The number of methoxy groups -OCH3 is 1. The molecule has 0 spiro atoms. The summed E-state index contributed by atoms with van der Waals surface area (Å²) in [4.78, 5) is 26.4. The van der Waals surface area contributed by atoms with Gasteiger partial charge in [0.15, 0.2) is 0 Å². The third kappa shape index (κ3) is 7.75. The lowest BCUT2D eigenvalue weighted by Crippen LogP contribution is -2.38. The molecule has 5 nitrogen and oxygen atoms in total. The molecule has 28 heavy (non-hydrogen) atoms. The summed E-state index contributed by atoms with van der Waals surface area (Å²) in [7, 11) is 1.39. The number of amides is 1. The number of hydrogen-bond acceptors (Lipinski definition) is 4. The van der Waals surface area contributed by atoms with E-state index in [4.69, 9.17) is 9.47 Å². The third-order valence-electron chi connectivity index (χ3n) is 5.09. The number of nitrogens with zero attached hydrogens (tertiary/aromatic N) is 1. The van der Waals surface area contributed by atoms with Crippen LogP contribution >= 0.6 is 0 Å². The first-order valence-corrected chi connectivity index (χ1v) is 10.3. The van der Waals surface area contributed by atoms with E-state index in [0.717, 1.165) is 25.0 Å². The number of carbonyl (C=O) groups is 2. The van der Waals surface area contributed by atoms with Crippen LogP contribution < -0.4 is 4.74 Å². The fourth-order valence-corrected chi connectivity index (χ4v) is 3.42. The Balaban J connectivity index is 1.83. The molecule has 1 aliphatic carbocycles. The van der Waals surface area contributed by atoms with Crippen molar-refractivity contribution >= 4 is 11.9 Å². The number of hydrogen-bond donors (Lipinski definition) is 0. The number of para-hydroxylation sites is 1. The van der Waals surface area contributed by atoms with Gasteiger partial charge in [-0.05, 0) is 50.7 Å². The van der Waals surface area contributed by atoms with Gasteiger partial charge in [-0.25, -0.2) is 0 Å². The molecule has 0 radical (unpaired) electrons. The number of carbonyl (C=O) groups excluding carboxylic acids is 2. The van der Waals surface area contributed by atoms with E-state index in [1.165, 1.54) is 25.5 Å². The summed E-state index contributed by atoms with van der Waals surface area (Å²) < 4.78 is 10.5. The van der Waals surface area contributed by atoms with Gasteiger partial charge in [0.25, 0.3) is 0 Å². The molecule has 1 aromatic rings. The van der Waals surface area contributed by atoms with E-state index >= 15 is 0 Å². The molecule has 0 saturated heterocycles. The molecule has 0 heterocycles. The summed E-state index contributed by atoms with van der Waals surface area (Å²) in [6, 6.07) is 9.61. The highest BCUT2D eigenvalue weighted by atomic mass is 16.5. The van der Waals surface area contributed by atoms with Gasteiger partial charge in [0.2, 0.25) is 5.91 Å². The molecule has 0 aliphatic heterocycles. The fourth-order valence-electron chi connectivity index (χ4n) is 3.42. The molecule has 0 N–H and O–H groups in total. The van der Waals surface area contributed by atoms with Crippen molar-refractivity contribution in [1.29, 1.82) is 0 Å². The Hall–Kier alpha value is -2.30. The van der Waals surface area contributed by atoms with E-state index in [-0.39, 0.29) is 17.8 Å². The Labute approximate surface area is 168 Å². The summed E-state index contributed by atoms with van der Waals surface area (Å²) in [5, 5.41) is 0. The largest absolute Gasteiger partial charge is 0.494 e. The molecule has 154 valence electrons. The Kier molecular flexibility index (Phi) is 9.60. The SMILES string of the molecule is COC(=O)C(C)CN(CCC1=CCCCC1)C(=O)CCCOc1ccccc1. The maximum Gasteiger partial charge on any atom is 0.310 e. The van der Waals surface area contributed by atoms with Gasteiger partial charge in [0.1, 0.15) is 5.75 Å². The van der Waals surface area contributed by atoms with Gasteiger partial charge in [-0.1, -0.05) is 36.8 Å². The van der Waals surface area contributed by atoms with Crippen LogP contribution in [0.3, 0.4) is 0 Å². The Morgan fingerprint density at radius 2 is 1.96 bits per heavy atom. The Morgan fingerprint density at radius 1 is 1.18 bits per heavy atom. The second-order valence-electron chi connectivity index (χ2n) is 7.39. The van der Waals surface area contributed by atoms with Crippen molar-refractivity contribution in [2.45, 2.75) is 51.9 Å². The Bertz CT molecular complexity index is 641. The van der Waals surface area contributed by atoms with Gasteiger partial charge in [-0.2, -0.15) is 0 Å². The summed E-state index contributed by atoms with van der Waals surface area (Å²) in [5.41, 5.74) is 1.43. The molecule has 1 aromatic carbocycles. The summed E-state index contributed by atoms with van der Waals surface area (Å²) >= 11 is 0. The lowest BCUT2D eigenvalue weighted by atomic mass is 9.97. The van der Waals surface area contributed by atoms with Crippen LogP contribution in [0.15, 0.2) is 42.0 Å². The molecular weight excluding hydrogens is 354 g/mol. The van der Waals surface area contributed by atoms with Crippen LogP contribution in [-0.4, -0.2) is 43.6 Å². The lowest BCUT2D eigenvalue weighted by molar-refractivity contribution is -0.146. The van der Waals surface area contributed by atoms with Crippen molar-refractivity contribution in [1.82, 2.24) is 4.90 Å². The predicted molar refractivity (Wildman–Crippen MR) is 110 cm³/mol. The number of ether oxygens (including phenoxy) is 2. The van der Waals surface area contributed by atoms with Crippen LogP contribution in [0.1, 0.15) is 51.9 Å². The van der Waals surface area contributed by atoms with Gasteiger partial charge in [0, 0.05) is 19.5 Å². The number of allylic oxidation sites excluding steroid dienone is 1. The molecule has 5 heteroatoms. The zero-order chi connectivity index (χ0) is 20.2. The van der Waals surface area contributed by atoms with E-state index in [9.17, 15) is 9.59 Å². The molecule has 1 aliphatic rings. The Morgan fingerprint density at radius 3 is 2.64 bits per heavy atom. The molecular formula is C23H33NO4. The molecule has 0 saturated carbocycles. The summed E-state index contributed by atoms with van der Waals surface area (Å²) in [6.07, 6.45) is 9.02. The smallest absolute Gasteiger partial charge is 0.310 e. The van der Waals surface area contributed by atoms with Crippen LogP contribution in [0, 0.1) is 5.92 Å². The van der Waals surface area contributed by atoms with Crippen LogP contribution in [0.25, 0.3) is 0 Å². The molecule has 2 rings (SSSR count). The minimum Gasteiger partial charge on any atom is -0.494 e. The average molecular weight is 388 g/mol. The predicted octanol–water partition coefficient (Wildman–Crippen LogP) is 4.37. The second-order valence-corrected chi connectivity index (χ2v) is 7.39. The molecule has 1 atom stereocenters. The van der Waals surface area contributed by atoms with Crippen molar-refractivity contribution in [3.8, 4) is 5.75 Å². The van der Waals surface area contributed by atoms with Gasteiger partial charge in [-0.15, -0.1) is 0 Å². The first-order valence-electron chi connectivity index (χ1n) is 10.3. The fraction of sp³-hybridized carbons (Fsp3) is 0.565. The quantitative estimate of drug-likeness (QED) is 0.321. The van der Waals surface area contributed by atoms with Gasteiger partial charge in [-0.3, -0.25) is 9.59 Å². The molecule has 0 aromatic heterocycles. The summed E-state index contributed by atoms with van der Waals surface area (Å²) in [5.74, 6) is 0.288. The monoisotopic (exact) mass is 387 g/mol. The minimum absolute atomic E-state index is 0.0730. The first-order chi connectivity index (χ1) is 13.6. The van der Waals surface area contributed by atoms with Crippen molar-refractivity contribution in [3.05, 3.63) is 42.0 Å². The van der Waals surface area contributed by atoms with E-state index in [0.29, 0.717) is 32.5 Å². The van der Waals surface area contributed by atoms with Gasteiger partial charge < -0.3 is 14.4 Å². The standard InChI is InChI=1S/C23H33NO4/c1-19(23(26)27-2)18-24(16-15-20-10-5-3-6-11-20)22(25)14-9-17-28-21-12-7-4-8-13-21/h4,7-8,10,12-13,19H,3,5-6,9,11,14-18H2,1-2H3. The summed E-state index contributed by atoms with van der Waals surface area (Å²) in [6.45, 7) is 3.37. The molecule has 0 fully saturated rings. The normalized spacial score (nSPS) is 14.7. The van der Waals surface area contributed by atoms with Gasteiger partial charge in [0.05, 0.1) is 19.6 Å². The van der Waals surface area contributed by atoms with Crippen molar-refractivity contribution in [2.75, 3.05) is 26.8 Å². The molecule has 1 unspecified atom stereocenters. The van der Waals surface area contributed by atoms with Crippen molar-refractivity contribution < 1.29 is 19.1 Å². The minimum atomic E-state index is -0.324. The topological polar surface area (TPSA) is 55.8 Å². The zero-order valence-electron chi connectivity index (χ0n) is 17.2. The zero-order valence-corrected chi connectivity index (χ0v) is 17.2. The first kappa shape index (κ1) is 22.0. The van der Waals surface area contributed by atoms with E-state index in [1.54, 1.807) is 0 Å². The highest BCUT2D eigenvalue weighted by Crippen LogP contribution is 2.21. The number of rotatable bonds is 11. The van der Waals surface area contributed by atoms with E-state index < -0.39 is 0 Å². The highest BCUT2D eigenvalue weighted by Gasteiger charge is 2.21. The molecule has 1 amide bonds. The van der Waals surface area contributed by atoms with Crippen LogP contribution in [0.2, 0.25) is 0 Å². The lowest BCUT2D eigenvalue weighted by Gasteiger charge is -2.26. The van der Waals surface area contributed by atoms with Crippen LogP contribution in [0.5, 0.6) is 5.75 Å². The molecule has 0 bridgehead atoms. The third-order valence-corrected chi connectivity index (χ3v) is 5.09. The average Bonchev–Trinajstić information content (AvgIpc) is 2.74.